The van der Waals surface area contributed by atoms with Crippen molar-refractivity contribution in [3.05, 3.63) is 41.2 Å². The number of aromatic nitrogens is 2. The van der Waals surface area contributed by atoms with Crippen LogP contribution in [0.25, 0.3) is 0 Å². The van der Waals surface area contributed by atoms with Crippen molar-refractivity contribution in [3.63, 3.8) is 0 Å². The molecule has 1 heterocycles. The molecule has 0 N–H and O–H groups in total. The van der Waals surface area contributed by atoms with Gasteiger partial charge in [0, 0.05) is 6.04 Å². The number of aldehydes is 1. The van der Waals surface area contributed by atoms with Gasteiger partial charge in [-0.25, -0.2) is 0 Å². The maximum absolute atomic E-state index is 11.0. The molecule has 0 radical (unpaired) electrons. The summed E-state index contributed by atoms with van der Waals surface area (Å²) in [5.41, 5.74) is 0.344. The molecule has 0 atom stereocenters. The van der Waals surface area contributed by atoms with Gasteiger partial charge in [0.25, 0.3) is 0 Å². The van der Waals surface area contributed by atoms with E-state index in [-0.39, 0.29) is 6.04 Å². The van der Waals surface area contributed by atoms with Crippen molar-refractivity contribution in [2.75, 3.05) is 0 Å². The summed E-state index contributed by atoms with van der Waals surface area (Å²) in [4.78, 5) is 11.0. The Morgan fingerprint density at radius 2 is 2.22 bits per heavy atom. The van der Waals surface area contributed by atoms with Crippen LogP contribution in [0.2, 0.25) is 5.02 Å². The Hall–Kier alpha value is -1.81. The van der Waals surface area contributed by atoms with Gasteiger partial charge in [0.2, 0.25) is 0 Å². The van der Waals surface area contributed by atoms with Crippen LogP contribution in [0.1, 0.15) is 30.2 Å². The molecule has 0 amide bonds. The van der Waals surface area contributed by atoms with E-state index in [2.05, 4.69) is 5.10 Å². The molecular formula is C13H13ClN2O2. The van der Waals surface area contributed by atoms with Crippen LogP contribution in [0, 0.1) is 0 Å². The smallest absolute Gasteiger partial charge is 0.165 e. The van der Waals surface area contributed by atoms with E-state index >= 15 is 0 Å². The first-order valence-corrected chi connectivity index (χ1v) is 5.95. The van der Waals surface area contributed by atoms with E-state index in [0.717, 1.165) is 0 Å². The lowest BCUT2D eigenvalue weighted by Crippen LogP contribution is -1.99. The number of ether oxygens (including phenoxy) is 1. The Morgan fingerprint density at radius 1 is 1.44 bits per heavy atom. The molecule has 1 aromatic heterocycles. The van der Waals surface area contributed by atoms with Crippen LogP contribution in [0.15, 0.2) is 30.6 Å². The molecule has 0 fully saturated rings. The summed E-state index contributed by atoms with van der Waals surface area (Å²) in [6.45, 7) is 4.04. The van der Waals surface area contributed by atoms with E-state index in [1.165, 1.54) is 0 Å². The molecule has 0 saturated carbocycles. The second-order valence-corrected chi connectivity index (χ2v) is 4.53. The van der Waals surface area contributed by atoms with Gasteiger partial charge in [0.05, 0.1) is 23.0 Å². The first-order chi connectivity index (χ1) is 8.61. The van der Waals surface area contributed by atoms with Gasteiger partial charge in [-0.3, -0.25) is 9.48 Å². The summed E-state index contributed by atoms with van der Waals surface area (Å²) >= 11 is 5.92. The Kier molecular flexibility index (Phi) is 3.67. The number of hydrogen-bond donors (Lipinski definition) is 0. The average Bonchev–Trinajstić information content (AvgIpc) is 2.78. The SMILES string of the molecule is CC(C)n1cc(Oc2cccc(Cl)c2C=O)cn1. The highest BCUT2D eigenvalue weighted by molar-refractivity contribution is 6.33. The Morgan fingerprint density at radius 3 is 2.83 bits per heavy atom. The van der Waals surface area contributed by atoms with Crippen molar-refractivity contribution in [1.29, 1.82) is 0 Å². The molecule has 2 rings (SSSR count). The standard InChI is InChI=1S/C13H13ClN2O2/c1-9(2)16-7-10(6-15-16)18-13-5-3-4-12(14)11(13)8-17/h3-9H,1-2H3. The minimum atomic E-state index is 0.257. The van der Waals surface area contributed by atoms with Crippen molar-refractivity contribution < 1.29 is 9.53 Å². The maximum Gasteiger partial charge on any atom is 0.165 e. The lowest BCUT2D eigenvalue weighted by Gasteiger charge is -2.07. The molecule has 18 heavy (non-hydrogen) atoms. The molecule has 0 saturated heterocycles. The van der Waals surface area contributed by atoms with Crippen molar-refractivity contribution in [1.82, 2.24) is 9.78 Å². The van der Waals surface area contributed by atoms with Crippen LogP contribution in [0.5, 0.6) is 11.5 Å². The molecule has 1 aromatic carbocycles. The Bertz CT molecular complexity index is 564. The number of carbonyl (C=O) groups excluding carboxylic acids is 1. The van der Waals surface area contributed by atoms with E-state index < -0.39 is 0 Å². The van der Waals surface area contributed by atoms with E-state index in [4.69, 9.17) is 16.3 Å². The van der Waals surface area contributed by atoms with Gasteiger partial charge in [0.1, 0.15) is 5.75 Å². The van der Waals surface area contributed by atoms with Crippen LogP contribution < -0.4 is 4.74 Å². The van der Waals surface area contributed by atoms with Gasteiger partial charge in [-0.1, -0.05) is 17.7 Å². The highest BCUT2D eigenvalue weighted by Crippen LogP contribution is 2.29. The molecule has 0 aliphatic heterocycles. The van der Waals surface area contributed by atoms with Gasteiger partial charge in [0.15, 0.2) is 12.0 Å². The lowest BCUT2D eigenvalue weighted by molar-refractivity contribution is 0.112. The van der Waals surface area contributed by atoms with E-state index in [1.54, 1.807) is 35.3 Å². The molecule has 2 aromatic rings. The minimum absolute atomic E-state index is 0.257. The number of halogens is 1. The third-order valence-corrected chi connectivity index (χ3v) is 2.80. The van der Waals surface area contributed by atoms with Crippen LogP contribution in [0.3, 0.4) is 0 Å². The van der Waals surface area contributed by atoms with Crippen LogP contribution in [-0.4, -0.2) is 16.1 Å². The third-order valence-electron chi connectivity index (χ3n) is 2.47. The fourth-order valence-electron chi connectivity index (χ4n) is 1.50. The zero-order chi connectivity index (χ0) is 13.1. The molecule has 5 heteroatoms. The normalized spacial score (nSPS) is 10.7. The second-order valence-electron chi connectivity index (χ2n) is 4.12. The fraction of sp³-hybridized carbons (Fsp3) is 0.231. The molecule has 4 nitrogen and oxygen atoms in total. The van der Waals surface area contributed by atoms with Crippen molar-refractivity contribution in [3.8, 4) is 11.5 Å². The lowest BCUT2D eigenvalue weighted by atomic mass is 10.2. The molecule has 0 aliphatic carbocycles. The van der Waals surface area contributed by atoms with Crippen LogP contribution in [-0.2, 0) is 0 Å². The summed E-state index contributed by atoms with van der Waals surface area (Å²) in [5, 5.41) is 4.53. The summed E-state index contributed by atoms with van der Waals surface area (Å²) < 4.78 is 7.39. The number of nitrogens with zero attached hydrogens (tertiary/aromatic N) is 2. The van der Waals surface area contributed by atoms with Gasteiger partial charge in [-0.2, -0.15) is 5.10 Å². The van der Waals surface area contributed by atoms with Gasteiger partial charge >= 0.3 is 0 Å². The van der Waals surface area contributed by atoms with Crippen LogP contribution in [0.4, 0.5) is 0 Å². The predicted molar refractivity (Wildman–Crippen MR) is 69.5 cm³/mol. The summed E-state index contributed by atoms with van der Waals surface area (Å²) in [7, 11) is 0. The Balaban J connectivity index is 2.28. The summed E-state index contributed by atoms with van der Waals surface area (Å²) in [6, 6.07) is 5.34. The number of hydrogen-bond acceptors (Lipinski definition) is 3. The first-order valence-electron chi connectivity index (χ1n) is 5.57. The number of benzene rings is 1. The van der Waals surface area contributed by atoms with E-state index in [9.17, 15) is 4.79 Å². The largest absolute Gasteiger partial charge is 0.453 e. The number of rotatable bonds is 4. The summed E-state index contributed by atoms with van der Waals surface area (Å²) in [6.07, 6.45) is 4.07. The monoisotopic (exact) mass is 264 g/mol. The Labute approximate surface area is 110 Å². The van der Waals surface area contributed by atoms with Gasteiger partial charge in [-0.05, 0) is 26.0 Å². The highest BCUT2D eigenvalue weighted by Gasteiger charge is 2.10. The summed E-state index contributed by atoms with van der Waals surface area (Å²) in [5.74, 6) is 1.01. The molecule has 0 unspecified atom stereocenters. The highest BCUT2D eigenvalue weighted by atomic mass is 35.5. The van der Waals surface area contributed by atoms with E-state index in [1.807, 2.05) is 13.8 Å². The van der Waals surface area contributed by atoms with Crippen molar-refractivity contribution in [2.24, 2.45) is 0 Å². The molecule has 0 aliphatic rings. The zero-order valence-electron chi connectivity index (χ0n) is 10.1. The molecule has 94 valence electrons. The third kappa shape index (κ3) is 2.54. The topological polar surface area (TPSA) is 44.1 Å². The zero-order valence-corrected chi connectivity index (χ0v) is 10.9. The van der Waals surface area contributed by atoms with Gasteiger partial charge < -0.3 is 4.74 Å². The predicted octanol–water partition coefficient (Wildman–Crippen LogP) is 3.72. The fourth-order valence-corrected chi connectivity index (χ4v) is 1.71. The second kappa shape index (κ2) is 5.23. The molecule has 0 bridgehead atoms. The maximum atomic E-state index is 11.0. The van der Waals surface area contributed by atoms with Crippen LogP contribution >= 0.6 is 11.6 Å². The van der Waals surface area contributed by atoms with Gasteiger partial charge in [-0.15, -0.1) is 0 Å². The quantitative estimate of drug-likeness (QED) is 0.791. The van der Waals surface area contributed by atoms with Crippen molar-refractivity contribution >= 4 is 17.9 Å². The van der Waals surface area contributed by atoms with E-state index in [0.29, 0.717) is 28.4 Å². The molecular weight excluding hydrogens is 252 g/mol. The van der Waals surface area contributed by atoms with Crippen molar-refractivity contribution in [2.45, 2.75) is 19.9 Å². The number of carbonyl (C=O) groups is 1. The molecule has 0 spiro atoms. The average molecular weight is 265 g/mol. The first kappa shape index (κ1) is 12.6. The minimum Gasteiger partial charge on any atom is -0.453 e.